The molecule has 0 aromatic heterocycles. The standard InChI is InChI=1S/C21H26N2O3/c1-15(2)26-21(25)18-9-11-19(12-10-18)22-20(24)14-23(4)13-17-7-5-16(3)6-8-17/h5-12,15H,13-14H2,1-4H3,(H,22,24)/p+1. The van der Waals surface area contributed by atoms with Gasteiger partial charge in [-0.15, -0.1) is 0 Å². The predicted molar refractivity (Wildman–Crippen MR) is 102 cm³/mol. The minimum atomic E-state index is -0.361. The van der Waals surface area contributed by atoms with Crippen molar-refractivity contribution in [1.29, 1.82) is 0 Å². The molecule has 0 radical (unpaired) electrons. The van der Waals surface area contributed by atoms with Gasteiger partial charge in [0.15, 0.2) is 6.54 Å². The number of carbonyl (C=O) groups is 2. The first kappa shape index (κ1) is 19.7. The predicted octanol–water partition coefficient (Wildman–Crippen LogP) is 2.21. The Kier molecular flexibility index (Phi) is 6.92. The molecule has 1 atom stereocenters. The topological polar surface area (TPSA) is 59.8 Å². The highest BCUT2D eigenvalue weighted by molar-refractivity contribution is 5.93. The number of aryl methyl sites for hydroxylation is 1. The van der Waals surface area contributed by atoms with Crippen LogP contribution in [0.25, 0.3) is 0 Å². The molecular formula is C21H27N2O3+. The molecular weight excluding hydrogens is 328 g/mol. The van der Waals surface area contributed by atoms with Crippen LogP contribution in [0, 0.1) is 6.92 Å². The van der Waals surface area contributed by atoms with Gasteiger partial charge in [-0.2, -0.15) is 0 Å². The van der Waals surface area contributed by atoms with Crippen LogP contribution in [0.15, 0.2) is 48.5 Å². The molecule has 0 aliphatic heterocycles. The van der Waals surface area contributed by atoms with Gasteiger partial charge in [0.1, 0.15) is 6.54 Å². The van der Waals surface area contributed by atoms with Crippen molar-refractivity contribution in [3.05, 3.63) is 65.2 Å². The maximum atomic E-state index is 12.2. The highest BCUT2D eigenvalue weighted by Crippen LogP contribution is 2.11. The zero-order valence-electron chi connectivity index (χ0n) is 15.8. The van der Waals surface area contributed by atoms with E-state index in [-0.39, 0.29) is 18.0 Å². The first-order valence-electron chi connectivity index (χ1n) is 8.81. The number of hydrogen-bond donors (Lipinski definition) is 2. The summed E-state index contributed by atoms with van der Waals surface area (Å²) in [5, 5.41) is 2.86. The highest BCUT2D eigenvalue weighted by Gasteiger charge is 2.12. The number of carbonyl (C=O) groups excluding carboxylic acids is 2. The van der Waals surface area contributed by atoms with Crippen LogP contribution < -0.4 is 10.2 Å². The summed E-state index contributed by atoms with van der Waals surface area (Å²) in [4.78, 5) is 25.1. The van der Waals surface area contributed by atoms with Crippen molar-refractivity contribution in [3.8, 4) is 0 Å². The van der Waals surface area contributed by atoms with Crippen molar-refractivity contribution in [2.45, 2.75) is 33.4 Å². The molecule has 0 saturated carbocycles. The van der Waals surface area contributed by atoms with Crippen LogP contribution in [-0.4, -0.2) is 31.6 Å². The summed E-state index contributed by atoms with van der Waals surface area (Å²) in [6.45, 7) is 6.82. The first-order valence-corrected chi connectivity index (χ1v) is 8.81. The van der Waals surface area contributed by atoms with E-state index in [0.29, 0.717) is 17.8 Å². The van der Waals surface area contributed by atoms with Gasteiger partial charge in [0.05, 0.1) is 18.7 Å². The van der Waals surface area contributed by atoms with Crippen molar-refractivity contribution in [2.75, 3.05) is 18.9 Å². The number of likely N-dealkylation sites (N-methyl/N-ethyl adjacent to an activating group) is 1. The molecule has 2 aromatic carbocycles. The zero-order chi connectivity index (χ0) is 19.1. The van der Waals surface area contributed by atoms with Crippen LogP contribution >= 0.6 is 0 Å². The Hall–Kier alpha value is -2.66. The number of benzene rings is 2. The van der Waals surface area contributed by atoms with Crippen LogP contribution in [-0.2, 0) is 16.1 Å². The van der Waals surface area contributed by atoms with Crippen molar-refractivity contribution in [2.24, 2.45) is 0 Å². The fraction of sp³-hybridized carbons (Fsp3) is 0.333. The molecule has 2 N–H and O–H groups in total. The van der Waals surface area contributed by atoms with Crippen molar-refractivity contribution < 1.29 is 19.2 Å². The lowest BCUT2D eigenvalue weighted by Gasteiger charge is -2.14. The minimum Gasteiger partial charge on any atom is -0.459 e. The minimum absolute atomic E-state index is 0.0629. The Morgan fingerprint density at radius 1 is 1.04 bits per heavy atom. The molecule has 138 valence electrons. The van der Waals surface area contributed by atoms with Crippen LogP contribution in [0.4, 0.5) is 5.69 Å². The smallest absolute Gasteiger partial charge is 0.338 e. The van der Waals surface area contributed by atoms with E-state index in [9.17, 15) is 9.59 Å². The van der Waals surface area contributed by atoms with E-state index in [2.05, 4.69) is 36.5 Å². The van der Waals surface area contributed by atoms with Crippen LogP contribution in [0.3, 0.4) is 0 Å². The lowest BCUT2D eigenvalue weighted by atomic mass is 10.1. The fourth-order valence-corrected chi connectivity index (χ4v) is 2.57. The van der Waals surface area contributed by atoms with Crippen LogP contribution in [0.2, 0.25) is 0 Å². The highest BCUT2D eigenvalue weighted by atomic mass is 16.5. The molecule has 0 spiro atoms. The quantitative estimate of drug-likeness (QED) is 0.749. The number of amides is 1. The van der Waals surface area contributed by atoms with Gasteiger partial charge in [-0.05, 0) is 45.0 Å². The Labute approximate surface area is 155 Å². The monoisotopic (exact) mass is 355 g/mol. The summed E-state index contributed by atoms with van der Waals surface area (Å²) in [6, 6.07) is 15.1. The summed E-state index contributed by atoms with van der Waals surface area (Å²) in [7, 11) is 1.99. The van der Waals surface area contributed by atoms with Crippen LogP contribution in [0.5, 0.6) is 0 Å². The molecule has 0 saturated heterocycles. The molecule has 5 nitrogen and oxygen atoms in total. The molecule has 1 amide bonds. The second-order valence-electron chi connectivity index (χ2n) is 6.88. The van der Waals surface area contributed by atoms with E-state index in [1.54, 1.807) is 24.3 Å². The van der Waals surface area contributed by atoms with Crippen molar-refractivity contribution in [3.63, 3.8) is 0 Å². The summed E-state index contributed by atoms with van der Waals surface area (Å²) in [5.41, 5.74) is 3.57. The number of nitrogens with one attached hydrogen (secondary N) is 2. The number of hydrogen-bond acceptors (Lipinski definition) is 3. The largest absolute Gasteiger partial charge is 0.459 e. The van der Waals surface area contributed by atoms with E-state index in [0.717, 1.165) is 11.4 Å². The first-order chi connectivity index (χ1) is 12.3. The molecule has 0 heterocycles. The molecule has 0 aliphatic rings. The molecule has 26 heavy (non-hydrogen) atoms. The van der Waals surface area contributed by atoms with Gasteiger partial charge < -0.3 is 15.0 Å². The number of anilines is 1. The Balaban J connectivity index is 1.85. The second-order valence-corrected chi connectivity index (χ2v) is 6.88. The third kappa shape index (κ3) is 6.33. The maximum Gasteiger partial charge on any atom is 0.338 e. The number of esters is 1. The second kappa shape index (κ2) is 9.15. The van der Waals surface area contributed by atoms with Gasteiger partial charge in [0.25, 0.3) is 5.91 Å². The average Bonchev–Trinajstić information content (AvgIpc) is 2.56. The normalized spacial score (nSPS) is 11.9. The van der Waals surface area contributed by atoms with E-state index in [1.807, 2.05) is 20.9 Å². The lowest BCUT2D eigenvalue weighted by molar-refractivity contribution is -0.885. The summed E-state index contributed by atoms with van der Waals surface area (Å²) in [6.07, 6.45) is -0.158. The van der Waals surface area contributed by atoms with Gasteiger partial charge in [-0.3, -0.25) is 4.79 Å². The van der Waals surface area contributed by atoms with Gasteiger partial charge in [0, 0.05) is 11.3 Å². The molecule has 0 fully saturated rings. The number of quaternary nitrogens is 1. The lowest BCUT2D eigenvalue weighted by Crippen LogP contribution is -3.08. The van der Waals surface area contributed by atoms with Crippen LogP contribution in [0.1, 0.15) is 35.3 Å². The number of ether oxygens (including phenoxy) is 1. The van der Waals surface area contributed by atoms with E-state index < -0.39 is 0 Å². The maximum absolute atomic E-state index is 12.2. The molecule has 0 bridgehead atoms. The van der Waals surface area contributed by atoms with E-state index in [1.165, 1.54) is 11.1 Å². The molecule has 5 heteroatoms. The Bertz CT molecular complexity index is 737. The molecule has 2 aromatic rings. The zero-order valence-corrected chi connectivity index (χ0v) is 15.8. The van der Waals surface area contributed by atoms with Gasteiger partial charge in [-0.25, -0.2) is 4.79 Å². The SMILES string of the molecule is Cc1ccc(C[NH+](C)CC(=O)Nc2ccc(C(=O)OC(C)C)cc2)cc1. The molecule has 1 unspecified atom stereocenters. The van der Waals surface area contributed by atoms with E-state index >= 15 is 0 Å². The molecule has 0 aliphatic carbocycles. The third-order valence-electron chi connectivity index (χ3n) is 3.84. The summed E-state index contributed by atoms with van der Waals surface area (Å²) < 4.78 is 5.14. The van der Waals surface area contributed by atoms with Crippen molar-refractivity contribution in [1.82, 2.24) is 0 Å². The Morgan fingerprint density at radius 3 is 2.23 bits per heavy atom. The van der Waals surface area contributed by atoms with Gasteiger partial charge in [0.2, 0.25) is 0 Å². The van der Waals surface area contributed by atoms with Gasteiger partial charge in [-0.1, -0.05) is 29.8 Å². The summed E-state index contributed by atoms with van der Waals surface area (Å²) >= 11 is 0. The third-order valence-corrected chi connectivity index (χ3v) is 3.84. The van der Waals surface area contributed by atoms with Crippen molar-refractivity contribution >= 4 is 17.6 Å². The average molecular weight is 355 g/mol. The fourth-order valence-electron chi connectivity index (χ4n) is 2.57. The molecule has 2 rings (SSSR count). The number of rotatable bonds is 7. The summed E-state index contributed by atoms with van der Waals surface area (Å²) in [5.74, 6) is -0.424. The van der Waals surface area contributed by atoms with Gasteiger partial charge >= 0.3 is 5.97 Å². The van der Waals surface area contributed by atoms with E-state index in [4.69, 9.17) is 4.74 Å². The Morgan fingerprint density at radius 2 is 1.65 bits per heavy atom.